The normalized spacial score (nSPS) is 10.4. The first-order valence-corrected chi connectivity index (χ1v) is 6.28. The highest BCUT2D eigenvalue weighted by molar-refractivity contribution is 7.99. The number of aromatic nitrogens is 3. The molecule has 0 aliphatic rings. The lowest BCUT2D eigenvalue weighted by Gasteiger charge is -2.04. The number of hydrogen-bond acceptors (Lipinski definition) is 6. The molecule has 0 unspecified atom stereocenters. The van der Waals surface area contributed by atoms with E-state index < -0.39 is 0 Å². The molecule has 0 saturated carbocycles. The Kier molecular flexibility index (Phi) is 6.44. The van der Waals surface area contributed by atoms with Crippen LogP contribution in [0.15, 0.2) is 5.16 Å². The minimum atomic E-state index is 0.154. The molecule has 0 bridgehead atoms. The van der Waals surface area contributed by atoms with Crippen molar-refractivity contribution in [2.24, 2.45) is 0 Å². The zero-order valence-corrected chi connectivity index (χ0v) is 10.8. The molecule has 7 heteroatoms. The fourth-order valence-corrected chi connectivity index (χ4v) is 1.78. The molecule has 0 spiro atoms. The van der Waals surface area contributed by atoms with Crippen LogP contribution in [0.3, 0.4) is 0 Å². The number of halogens is 1. The number of ether oxygens (including phenoxy) is 2. The van der Waals surface area contributed by atoms with Gasteiger partial charge in [-0.05, 0) is 18.0 Å². The van der Waals surface area contributed by atoms with Crippen LogP contribution >= 0.6 is 23.4 Å². The molecular formula is C9H14ClN3O2S. The Morgan fingerprint density at radius 3 is 2.75 bits per heavy atom. The third kappa shape index (κ3) is 4.96. The van der Waals surface area contributed by atoms with Gasteiger partial charge >= 0.3 is 6.01 Å². The van der Waals surface area contributed by atoms with Crippen molar-refractivity contribution in [3.63, 3.8) is 0 Å². The molecule has 1 aromatic rings. The predicted molar refractivity (Wildman–Crippen MR) is 63.2 cm³/mol. The van der Waals surface area contributed by atoms with Crippen molar-refractivity contribution < 1.29 is 9.47 Å². The van der Waals surface area contributed by atoms with Gasteiger partial charge in [0.2, 0.25) is 5.28 Å². The molecular weight excluding hydrogens is 250 g/mol. The van der Waals surface area contributed by atoms with E-state index in [0.29, 0.717) is 18.4 Å². The Morgan fingerprint density at radius 1 is 1.25 bits per heavy atom. The van der Waals surface area contributed by atoms with Crippen molar-refractivity contribution in [2.45, 2.75) is 18.5 Å². The summed E-state index contributed by atoms with van der Waals surface area (Å²) in [6.45, 7) is 3.22. The summed E-state index contributed by atoms with van der Waals surface area (Å²) in [5.41, 5.74) is 0. The van der Waals surface area contributed by atoms with Crippen LogP contribution in [0.5, 0.6) is 6.01 Å². The van der Waals surface area contributed by atoms with Crippen LogP contribution < -0.4 is 4.74 Å². The summed E-state index contributed by atoms with van der Waals surface area (Å²) in [7, 11) is 1.65. The summed E-state index contributed by atoms with van der Waals surface area (Å²) in [6, 6.07) is 0.279. The third-order valence-corrected chi connectivity index (χ3v) is 2.50. The minimum absolute atomic E-state index is 0.154. The van der Waals surface area contributed by atoms with Crippen LogP contribution in [0.1, 0.15) is 13.3 Å². The second-order valence-electron chi connectivity index (χ2n) is 2.86. The molecule has 0 saturated heterocycles. The molecule has 0 aliphatic heterocycles. The van der Waals surface area contributed by atoms with E-state index in [1.165, 1.54) is 11.8 Å². The summed E-state index contributed by atoms with van der Waals surface area (Å²) in [5.74, 6) is 0.768. The molecule has 0 aliphatic carbocycles. The Morgan fingerprint density at radius 2 is 2.06 bits per heavy atom. The fraction of sp³-hybridized carbons (Fsp3) is 0.667. The maximum absolute atomic E-state index is 5.75. The molecule has 0 fully saturated rings. The van der Waals surface area contributed by atoms with Crippen LogP contribution in [-0.2, 0) is 4.74 Å². The van der Waals surface area contributed by atoms with Gasteiger partial charge in [0.25, 0.3) is 0 Å². The second-order valence-corrected chi connectivity index (χ2v) is 4.26. The number of hydrogen-bond donors (Lipinski definition) is 0. The van der Waals surface area contributed by atoms with E-state index in [9.17, 15) is 0 Å². The monoisotopic (exact) mass is 263 g/mol. The van der Waals surface area contributed by atoms with Crippen molar-refractivity contribution in [3.8, 4) is 6.01 Å². The van der Waals surface area contributed by atoms with Crippen molar-refractivity contribution >= 4 is 23.4 Å². The summed E-state index contributed by atoms with van der Waals surface area (Å²) < 4.78 is 10.2. The number of nitrogens with zero attached hydrogens (tertiary/aromatic N) is 3. The van der Waals surface area contributed by atoms with E-state index in [1.54, 1.807) is 7.11 Å². The lowest BCUT2D eigenvalue weighted by Crippen LogP contribution is -2.03. The highest BCUT2D eigenvalue weighted by atomic mass is 35.5. The zero-order chi connectivity index (χ0) is 11.8. The molecule has 0 N–H and O–H groups in total. The average molecular weight is 264 g/mol. The molecule has 1 rings (SSSR count). The van der Waals surface area contributed by atoms with Gasteiger partial charge in [-0.15, -0.1) is 0 Å². The predicted octanol–water partition coefficient (Wildman–Crippen LogP) is 2.05. The maximum atomic E-state index is 5.75. The molecule has 1 heterocycles. The van der Waals surface area contributed by atoms with Gasteiger partial charge in [0.15, 0.2) is 5.16 Å². The van der Waals surface area contributed by atoms with E-state index in [2.05, 4.69) is 15.0 Å². The lowest BCUT2D eigenvalue weighted by molar-refractivity contribution is 0.218. The standard InChI is InChI=1S/C9H14ClN3O2S/c1-3-4-15-8-11-7(10)12-9(13-8)16-6-5-14-2/h3-6H2,1-2H3. The van der Waals surface area contributed by atoms with Gasteiger partial charge in [-0.25, -0.2) is 0 Å². The smallest absolute Gasteiger partial charge is 0.321 e. The molecule has 1 aromatic heterocycles. The van der Waals surface area contributed by atoms with Crippen LogP contribution in [0.4, 0.5) is 0 Å². The Balaban J connectivity index is 2.58. The Labute approximate surface area is 104 Å². The highest BCUT2D eigenvalue weighted by Crippen LogP contribution is 2.17. The van der Waals surface area contributed by atoms with Crippen molar-refractivity contribution in [2.75, 3.05) is 26.1 Å². The van der Waals surface area contributed by atoms with Crippen molar-refractivity contribution in [1.82, 2.24) is 15.0 Å². The topological polar surface area (TPSA) is 57.1 Å². The maximum Gasteiger partial charge on any atom is 0.321 e. The largest absolute Gasteiger partial charge is 0.463 e. The second kappa shape index (κ2) is 7.65. The van der Waals surface area contributed by atoms with Gasteiger partial charge in [0, 0.05) is 12.9 Å². The Bertz CT molecular complexity index is 328. The van der Waals surface area contributed by atoms with Gasteiger partial charge in [0.1, 0.15) is 0 Å². The van der Waals surface area contributed by atoms with E-state index in [4.69, 9.17) is 21.1 Å². The summed E-state index contributed by atoms with van der Waals surface area (Å²) in [4.78, 5) is 12.0. The minimum Gasteiger partial charge on any atom is -0.463 e. The summed E-state index contributed by atoms with van der Waals surface area (Å²) >= 11 is 7.21. The molecule has 0 radical (unpaired) electrons. The fourth-order valence-electron chi connectivity index (χ4n) is 0.853. The molecule has 0 aromatic carbocycles. The lowest BCUT2D eigenvalue weighted by atomic mass is 10.5. The Hall–Kier alpha value is -0.590. The van der Waals surface area contributed by atoms with Crippen LogP contribution in [0.25, 0.3) is 0 Å². The van der Waals surface area contributed by atoms with Crippen LogP contribution in [0, 0.1) is 0 Å². The van der Waals surface area contributed by atoms with Crippen LogP contribution in [-0.4, -0.2) is 41.0 Å². The zero-order valence-electron chi connectivity index (χ0n) is 9.27. The highest BCUT2D eigenvalue weighted by Gasteiger charge is 2.06. The van der Waals surface area contributed by atoms with Crippen LogP contribution in [0.2, 0.25) is 5.28 Å². The molecule has 0 amide bonds. The SMILES string of the molecule is CCCOc1nc(Cl)nc(SCCOC)n1. The van der Waals surface area contributed by atoms with Gasteiger partial charge in [-0.3, -0.25) is 0 Å². The van der Waals surface area contributed by atoms with Gasteiger partial charge in [-0.1, -0.05) is 18.7 Å². The number of thioether (sulfide) groups is 1. The average Bonchev–Trinajstić information content (AvgIpc) is 2.26. The number of methoxy groups -OCH3 is 1. The quantitative estimate of drug-likeness (QED) is 0.554. The van der Waals surface area contributed by atoms with Gasteiger partial charge < -0.3 is 9.47 Å². The summed E-state index contributed by atoms with van der Waals surface area (Å²) in [5, 5.41) is 0.712. The first-order valence-electron chi connectivity index (χ1n) is 4.92. The summed E-state index contributed by atoms with van der Waals surface area (Å²) in [6.07, 6.45) is 0.898. The van der Waals surface area contributed by atoms with E-state index in [-0.39, 0.29) is 11.3 Å². The molecule has 16 heavy (non-hydrogen) atoms. The first kappa shape index (κ1) is 13.5. The van der Waals surface area contributed by atoms with E-state index in [1.807, 2.05) is 6.92 Å². The van der Waals surface area contributed by atoms with Gasteiger partial charge in [0.05, 0.1) is 13.2 Å². The molecule has 90 valence electrons. The molecule has 5 nitrogen and oxygen atoms in total. The van der Waals surface area contributed by atoms with Crippen molar-refractivity contribution in [1.29, 1.82) is 0 Å². The van der Waals surface area contributed by atoms with Gasteiger partial charge in [-0.2, -0.15) is 15.0 Å². The molecule has 0 atom stereocenters. The number of rotatable bonds is 7. The van der Waals surface area contributed by atoms with E-state index in [0.717, 1.165) is 12.2 Å². The van der Waals surface area contributed by atoms with E-state index >= 15 is 0 Å². The van der Waals surface area contributed by atoms with Crippen molar-refractivity contribution in [3.05, 3.63) is 5.28 Å². The first-order chi connectivity index (χ1) is 7.76. The third-order valence-electron chi connectivity index (χ3n) is 1.52.